The molecule has 3 aromatic carbocycles. The average molecular weight is 655 g/mol. The summed E-state index contributed by atoms with van der Waals surface area (Å²) < 4.78 is 33.2. The second kappa shape index (κ2) is 11.0. The van der Waals surface area contributed by atoms with Gasteiger partial charge in [0.05, 0.1) is 77.5 Å². The fourth-order valence-corrected chi connectivity index (χ4v) is 7.97. The number of hydrogen-bond donors (Lipinski definition) is 1. The maximum Gasteiger partial charge on any atom is 0.337 e. The van der Waals surface area contributed by atoms with Crippen LogP contribution < -0.4 is 14.5 Å². The number of carbonyl (C=O) groups is 2. The number of carboxylic acid groups (broad SMARTS) is 1. The number of nitrogens with zero attached hydrogens (tertiary/aromatic N) is 3. The third-order valence-corrected chi connectivity index (χ3v) is 10.2. The number of amides is 1. The highest BCUT2D eigenvalue weighted by molar-refractivity contribution is 6.40. The first kappa shape index (κ1) is 28.9. The SMILES string of the molecule is O=C(O)c1cc(F)c(-c2cccc3c2OCN(C(=O)c2c(Cl)cc(N4CCOC5CC54)cc2Cl)C3)cc1N1C2CCC1COC2. The molecule has 9 nitrogen and oxygen atoms in total. The van der Waals surface area contributed by atoms with Gasteiger partial charge in [0.2, 0.25) is 0 Å². The molecule has 0 aromatic heterocycles. The van der Waals surface area contributed by atoms with Crippen LogP contribution in [0.2, 0.25) is 10.0 Å². The first-order valence-corrected chi connectivity index (χ1v) is 15.9. The minimum Gasteiger partial charge on any atom is -0.478 e. The van der Waals surface area contributed by atoms with E-state index in [2.05, 4.69) is 9.80 Å². The fourth-order valence-electron chi connectivity index (χ4n) is 7.33. The van der Waals surface area contributed by atoms with Crippen LogP contribution in [0.3, 0.4) is 0 Å². The lowest BCUT2D eigenvalue weighted by molar-refractivity contribution is 0.0516. The molecule has 3 saturated heterocycles. The smallest absolute Gasteiger partial charge is 0.337 e. The van der Waals surface area contributed by atoms with Crippen LogP contribution in [-0.2, 0) is 16.0 Å². The minimum atomic E-state index is -1.19. The van der Waals surface area contributed by atoms with E-state index in [4.69, 9.17) is 37.4 Å². The molecule has 3 aromatic rings. The predicted molar refractivity (Wildman–Crippen MR) is 166 cm³/mol. The summed E-state index contributed by atoms with van der Waals surface area (Å²) in [6, 6.07) is 12.0. The van der Waals surface area contributed by atoms with Gasteiger partial charge in [-0.15, -0.1) is 0 Å². The number of benzene rings is 3. The number of carboxylic acids is 1. The summed E-state index contributed by atoms with van der Waals surface area (Å²) in [6.45, 7) is 2.46. The first-order valence-electron chi connectivity index (χ1n) is 15.1. The Kier molecular flexibility index (Phi) is 7.09. The van der Waals surface area contributed by atoms with Gasteiger partial charge in [0.25, 0.3) is 5.91 Å². The second-order valence-corrected chi connectivity index (χ2v) is 13.1. The molecule has 234 valence electrons. The standard InChI is InChI=1S/C33H30Cl2FN3O6/c34-24-8-20(38-6-7-44-29-12-28(29)38)9-25(35)30(24)32(40)37-13-17-2-1-3-21(31(17)45-16-37)22-11-27(23(33(41)42)10-26(22)36)39-18-4-5-19(39)15-43-14-18/h1-3,8-11,18-19,28-29H,4-7,12-16H2,(H,41,42). The molecule has 4 heterocycles. The molecule has 1 N–H and O–H groups in total. The topological polar surface area (TPSA) is 91.8 Å². The summed E-state index contributed by atoms with van der Waals surface area (Å²) in [5, 5.41) is 10.5. The third-order valence-electron chi connectivity index (χ3n) is 9.57. The Morgan fingerprint density at radius 2 is 1.76 bits per heavy atom. The van der Waals surface area contributed by atoms with Gasteiger partial charge in [-0.1, -0.05) is 41.4 Å². The number of rotatable bonds is 5. The normalized spacial score (nSPS) is 25.0. The summed E-state index contributed by atoms with van der Waals surface area (Å²) in [4.78, 5) is 31.7. The molecule has 2 bridgehead atoms. The van der Waals surface area contributed by atoms with E-state index in [9.17, 15) is 14.7 Å². The summed E-state index contributed by atoms with van der Waals surface area (Å²) >= 11 is 13.3. The fraction of sp³-hybridized carbons (Fsp3) is 0.394. The highest BCUT2D eigenvalue weighted by Gasteiger charge is 2.46. The number of fused-ring (bicyclic) bond motifs is 4. The molecule has 1 saturated carbocycles. The Bertz CT molecular complexity index is 1700. The van der Waals surface area contributed by atoms with Crippen molar-refractivity contribution in [2.45, 2.75) is 50.0 Å². The van der Waals surface area contributed by atoms with Gasteiger partial charge in [-0.05, 0) is 43.5 Å². The molecular weight excluding hydrogens is 624 g/mol. The summed E-state index contributed by atoms with van der Waals surface area (Å²) in [7, 11) is 0. The number of hydrogen-bond acceptors (Lipinski definition) is 7. The lowest BCUT2D eigenvalue weighted by Crippen LogP contribution is -2.46. The molecular formula is C33H30Cl2FN3O6. The number of carbonyl (C=O) groups excluding carboxylic acids is 1. The zero-order chi connectivity index (χ0) is 31.0. The molecule has 4 fully saturated rings. The van der Waals surface area contributed by atoms with E-state index in [1.165, 1.54) is 4.90 Å². The number of halogens is 3. The molecule has 1 amide bonds. The highest BCUT2D eigenvalue weighted by Crippen LogP contribution is 2.44. The molecule has 0 spiro atoms. The Balaban J connectivity index is 1.09. The van der Waals surface area contributed by atoms with E-state index in [0.29, 0.717) is 48.4 Å². The van der Waals surface area contributed by atoms with Gasteiger partial charge in [-0.25, -0.2) is 9.18 Å². The van der Waals surface area contributed by atoms with Crippen molar-refractivity contribution in [2.24, 2.45) is 0 Å². The molecule has 4 unspecified atom stereocenters. The number of ether oxygens (including phenoxy) is 3. The lowest BCUT2D eigenvalue weighted by Gasteiger charge is -2.37. The highest BCUT2D eigenvalue weighted by atomic mass is 35.5. The van der Waals surface area contributed by atoms with Crippen LogP contribution in [0.4, 0.5) is 15.8 Å². The quantitative estimate of drug-likeness (QED) is 0.368. The van der Waals surface area contributed by atoms with Gasteiger partial charge in [0, 0.05) is 28.9 Å². The number of morpholine rings is 2. The molecule has 1 aliphatic carbocycles. The number of anilines is 2. The third kappa shape index (κ3) is 4.90. The Hall–Kier alpha value is -3.57. The predicted octanol–water partition coefficient (Wildman–Crippen LogP) is 5.84. The van der Waals surface area contributed by atoms with Crippen LogP contribution in [0.25, 0.3) is 11.1 Å². The van der Waals surface area contributed by atoms with Crippen LogP contribution in [-0.4, -0.2) is 79.2 Å². The zero-order valence-electron chi connectivity index (χ0n) is 24.2. The van der Waals surface area contributed by atoms with Crippen molar-refractivity contribution in [2.75, 3.05) is 42.9 Å². The van der Waals surface area contributed by atoms with E-state index in [-0.39, 0.29) is 64.1 Å². The molecule has 5 aliphatic rings. The van der Waals surface area contributed by atoms with Gasteiger partial charge >= 0.3 is 5.97 Å². The van der Waals surface area contributed by atoms with Crippen molar-refractivity contribution in [1.82, 2.24) is 4.90 Å². The maximum absolute atomic E-state index is 15.7. The second-order valence-electron chi connectivity index (χ2n) is 12.2. The van der Waals surface area contributed by atoms with Crippen molar-refractivity contribution in [3.63, 3.8) is 0 Å². The summed E-state index contributed by atoms with van der Waals surface area (Å²) in [5.41, 5.74) is 2.86. The van der Waals surface area contributed by atoms with E-state index < -0.39 is 11.8 Å². The van der Waals surface area contributed by atoms with Crippen LogP contribution in [0, 0.1) is 5.82 Å². The van der Waals surface area contributed by atoms with E-state index in [1.54, 1.807) is 30.3 Å². The van der Waals surface area contributed by atoms with Gasteiger partial charge in [0.15, 0.2) is 6.73 Å². The maximum atomic E-state index is 15.7. The van der Waals surface area contributed by atoms with Crippen LogP contribution in [0.1, 0.15) is 45.5 Å². The first-order chi connectivity index (χ1) is 21.8. The van der Waals surface area contributed by atoms with Crippen molar-refractivity contribution in [3.8, 4) is 16.9 Å². The van der Waals surface area contributed by atoms with Crippen molar-refractivity contribution >= 4 is 46.5 Å². The molecule has 4 aliphatic heterocycles. The van der Waals surface area contributed by atoms with Crippen LogP contribution in [0.15, 0.2) is 42.5 Å². The molecule has 12 heteroatoms. The molecule has 8 rings (SSSR count). The van der Waals surface area contributed by atoms with Crippen LogP contribution >= 0.6 is 23.2 Å². The van der Waals surface area contributed by atoms with E-state index >= 15 is 4.39 Å². The zero-order valence-corrected chi connectivity index (χ0v) is 25.7. The van der Waals surface area contributed by atoms with E-state index in [0.717, 1.165) is 37.6 Å². The summed E-state index contributed by atoms with van der Waals surface area (Å²) in [5.74, 6) is -1.78. The van der Waals surface area contributed by atoms with Crippen LogP contribution in [0.5, 0.6) is 5.75 Å². The molecule has 4 atom stereocenters. The van der Waals surface area contributed by atoms with Gasteiger partial charge < -0.3 is 34.0 Å². The van der Waals surface area contributed by atoms with Crippen molar-refractivity contribution in [3.05, 3.63) is 75.0 Å². The average Bonchev–Trinajstić information content (AvgIpc) is 3.78. The van der Waals surface area contributed by atoms with E-state index in [1.807, 2.05) is 6.07 Å². The van der Waals surface area contributed by atoms with Gasteiger partial charge in [-0.2, -0.15) is 0 Å². The monoisotopic (exact) mass is 653 g/mol. The number of aromatic carboxylic acids is 1. The van der Waals surface area contributed by atoms with Gasteiger partial charge in [0.1, 0.15) is 11.6 Å². The lowest BCUT2D eigenvalue weighted by atomic mass is 9.96. The largest absolute Gasteiger partial charge is 0.478 e. The Morgan fingerprint density at radius 1 is 1.00 bits per heavy atom. The molecule has 0 radical (unpaired) electrons. The van der Waals surface area contributed by atoms with Crippen molar-refractivity contribution in [1.29, 1.82) is 0 Å². The summed E-state index contributed by atoms with van der Waals surface area (Å²) in [6.07, 6.45) is 2.97. The van der Waals surface area contributed by atoms with Gasteiger partial charge in [-0.3, -0.25) is 4.79 Å². The number of para-hydroxylation sites is 1. The Morgan fingerprint density at radius 3 is 2.49 bits per heavy atom. The Labute approximate surface area is 269 Å². The molecule has 45 heavy (non-hydrogen) atoms. The minimum absolute atomic E-state index is 0.0351. The van der Waals surface area contributed by atoms with Crippen molar-refractivity contribution < 1.29 is 33.3 Å².